The number of amides is 1. The summed E-state index contributed by atoms with van der Waals surface area (Å²) >= 11 is 5.75. The SMILES string of the molecule is O=C(NCCCn1ncccc1=O)c1ccc(Cl)cc1. The first kappa shape index (κ1) is 14.3. The average Bonchev–Trinajstić information content (AvgIpc) is 2.46. The normalized spacial score (nSPS) is 10.2. The first-order valence-electron chi connectivity index (χ1n) is 6.23. The highest BCUT2D eigenvalue weighted by Crippen LogP contribution is 2.09. The van der Waals surface area contributed by atoms with Crippen LogP contribution < -0.4 is 10.9 Å². The van der Waals surface area contributed by atoms with Gasteiger partial charge in [0.15, 0.2) is 0 Å². The Kier molecular flexibility index (Phi) is 4.90. The van der Waals surface area contributed by atoms with Gasteiger partial charge in [-0.25, -0.2) is 4.68 Å². The van der Waals surface area contributed by atoms with Crippen molar-refractivity contribution in [1.29, 1.82) is 0 Å². The van der Waals surface area contributed by atoms with Crippen LogP contribution in [0.1, 0.15) is 16.8 Å². The lowest BCUT2D eigenvalue weighted by Crippen LogP contribution is -2.27. The van der Waals surface area contributed by atoms with Gasteiger partial charge in [0.1, 0.15) is 0 Å². The van der Waals surface area contributed by atoms with Crippen molar-refractivity contribution >= 4 is 17.5 Å². The molecule has 0 radical (unpaired) electrons. The number of carbonyl (C=O) groups excluding carboxylic acids is 1. The molecular weight excluding hydrogens is 278 g/mol. The average molecular weight is 292 g/mol. The molecule has 20 heavy (non-hydrogen) atoms. The van der Waals surface area contributed by atoms with E-state index in [1.54, 1.807) is 36.5 Å². The van der Waals surface area contributed by atoms with E-state index in [1.807, 2.05) is 0 Å². The Bertz CT molecular complexity index is 637. The number of nitrogens with zero attached hydrogens (tertiary/aromatic N) is 2. The molecule has 1 aromatic carbocycles. The number of hydrogen-bond donors (Lipinski definition) is 1. The Morgan fingerprint density at radius 1 is 1.25 bits per heavy atom. The maximum absolute atomic E-state index is 11.8. The molecule has 0 fully saturated rings. The first-order valence-corrected chi connectivity index (χ1v) is 6.60. The van der Waals surface area contributed by atoms with Crippen molar-refractivity contribution in [2.45, 2.75) is 13.0 Å². The van der Waals surface area contributed by atoms with Crippen LogP contribution in [0.5, 0.6) is 0 Å². The summed E-state index contributed by atoms with van der Waals surface area (Å²) in [5.41, 5.74) is 0.418. The Labute approximate surface area is 121 Å². The van der Waals surface area contributed by atoms with Crippen molar-refractivity contribution in [3.05, 3.63) is 63.5 Å². The molecule has 6 heteroatoms. The second kappa shape index (κ2) is 6.86. The molecule has 5 nitrogen and oxygen atoms in total. The number of benzene rings is 1. The van der Waals surface area contributed by atoms with E-state index in [9.17, 15) is 9.59 Å². The van der Waals surface area contributed by atoms with Crippen LogP contribution in [0.4, 0.5) is 0 Å². The van der Waals surface area contributed by atoms with E-state index in [2.05, 4.69) is 10.4 Å². The van der Waals surface area contributed by atoms with E-state index < -0.39 is 0 Å². The van der Waals surface area contributed by atoms with Crippen LogP contribution in [0.15, 0.2) is 47.4 Å². The number of halogens is 1. The van der Waals surface area contributed by atoms with Gasteiger partial charge in [-0.05, 0) is 36.8 Å². The molecule has 104 valence electrons. The van der Waals surface area contributed by atoms with Gasteiger partial charge in [0.05, 0.1) is 0 Å². The standard InChI is InChI=1S/C14H14ClN3O2/c15-12-6-4-11(5-7-12)14(20)16-8-2-10-18-13(19)3-1-9-17-18/h1,3-7,9H,2,8,10H2,(H,16,20). The molecule has 1 heterocycles. The van der Waals surface area contributed by atoms with Crippen molar-refractivity contribution in [3.8, 4) is 0 Å². The number of nitrogens with one attached hydrogen (secondary N) is 1. The smallest absolute Gasteiger partial charge is 0.266 e. The molecule has 0 saturated carbocycles. The second-order valence-corrected chi connectivity index (χ2v) is 4.64. The molecule has 0 aliphatic rings. The highest BCUT2D eigenvalue weighted by molar-refractivity contribution is 6.30. The van der Waals surface area contributed by atoms with Gasteiger partial charge in [-0.15, -0.1) is 0 Å². The fraction of sp³-hybridized carbons (Fsp3) is 0.214. The molecule has 1 amide bonds. The summed E-state index contributed by atoms with van der Waals surface area (Å²) in [5.74, 6) is -0.157. The second-order valence-electron chi connectivity index (χ2n) is 4.20. The topological polar surface area (TPSA) is 64.0 Å². The summed E-state index contributed by atoms with van der Waals surface area (Å²) in [6.07, 6.45) is 2.20. The number of hydrogen-bond acceptors (Lipinski definition) is 3. The number of carbonyl (C=O) groups is 1. The van der Waals surface area contributed by atoms with E-state index in [0.29, 0.717) is 30.1 Å². The summed E-state index contributed by atoms with van der Waals surface area (Å²) in [4.78, 5) is 23.2. The van der Waals surface area contributed by atoms with E-state index in [0.717, 1.165) is 0 Å². The Morgan fingerprint density at radius 3 is 2.70 bits per heavy atom. The maximum atomic E-state index is 11.8. The minimum atomic E-state index is -0.157. The first-order chi connectivity index (χ1) is 9.66. The predicted octanol–water partition coefficient (Wildman–Crippen LogP) is 1.72. The van der Waals surface area contributed by atoms with Gasteiger partial charge < -0.3 is 5.32 Å². The number of aromatic nitrogens is 2. The molecule has 1 N–H and O–H groups in total. The van der Waals surface area contributed by atoms with Crippen LogP contribution in [0.25, 0.3) is 0 Å². The van der Waals surface area contributed by atoms with Gasteiger partial charge in [0.2, 0.25) is 0 Å². The summed E-state index contributed by atoms with van der Waals surface area (Å²) in [5, 5.41) is 7.32. The molecule has 2 aromatic rings. The molecule has 0 unspecified atom stereocenters. The van der Waals surface area contributed by atoms with Crippen molar-refractivity contribution in [1.82, 2.24) is 15.1 Å². The van der Waals surface area contributed by atoms with Gasteiger partial charge in [-0.2, -0.15) is 5.10 Å². The van der Waals surface area contributed by atoms with Crippen molar-refractivity contribution in [2.75, 3.05) is 6.54 Å². The van der Waals surface area contributed by atoms with Gasteiger partial charge in [0.25, 0.3) is 11.5 Å². The van der Waals surface area contributed by atoms with Crippen LogP contribution in [0.2, 0.25) is 5.02 Å². The zero-order valence-corrected chi connectivity index (χ0v) is 11.5. The van der Waals surface area contributed by atoms with E-state index in [1.165, 1.54) is 10.7 Å². The highest BCUT2D eigenvalue weighted by atomic mass is 35.5. The quantitative estimate of drug-likeness (QED) is 0.853. The van der Waals surface area contributed by atoms with Gasteiger partial charge >= 0.3 is 0 Å². The minimum Gasteiger partial charge on any atom is -0.352 e. The predicted molar refractivity (Wildman–Crippen MR) is 76.9 cm³/mol. The third kappa shape index (κ3) is 3.93. The van der Waals surface area contributed by atoms with E-state index in [4.69, 9.17) is 11.6 Å². The highest BCUT2D eigenvalue weighted by Gasteiger charge is 2.04. The Hall–Kier alpha value is -2.14. The molecule has 0 atom stereocenters. The van der Waals surface area contributed by atoms with E-state index in [-0.39, 0.29) is 11.5 Å². The van der Waals surface area contributed by atoms with Crippen molar-refractivity contribution in [2.24, 2.45) is 0 Å². The van der Waals surface area contributed by atoms with Crippen LogP contribution in [-0.2, 0) is 6.54 Å². The molecule has 0 spiro atoms. The Morgan fingerprint density at radius 2 is 2.00 bits per heavy atom. The van der Waals surface area contributed by atoms with Crippen molar-refractivity contribution < 1.29 is 4.79 Å². The van der Waals surface area contributed by atoms with Crippen LogP contribution >= 0.6 is 11.6 Å². The molecule has 1 aromatic heterocycles. The lowest BCUT2D eigenvalue weighted by atomic mass is 10.2. The monoisotopic (exact) mass is 291 g/mol. The maximum Gasteiger partial charge on any atom is 0.266 e. The molecule has 0 bridgehead atoms. The van der Waals surface area contributed by atoms with Crippen LogP contribution in [0.3, 0.4) is 0 Å². The molecular formula is C14H14ClN3O2. The third-order valence-corrected chi connectivity index (χ3v) is 2.98. The zero-order chi connectivity index (χ0) is 14.4. The fourth-order valence-electron chi connectivity index (χ4n) is 1.69. The lowest BCUT2D eigenvalue weighted by molar-refractivity contribution is 0.0952. The number of rotatable bonds is 5. The van der Waals surface area contributed by atoms with Crippen LogP contribution in [-0.4, -0.2) is 22.2 Å². The molecule has 2 rings (SSSR count). The fourth-order valence-corrected chi connectivity index (χ4v) is 1.82. The summed E-state index contributed by atoms with van der Waals surface area (Å²) in [7, 11) is 0. The van der Waals surface area contributed by atoms with Gasteiger partial charge in [-0.1, -0.05) is 11.6 Å². The number of aryl methyl sites for hydroxylation is 1. The summed E-state index contributed by atoms with van der Waals surface area (Å²) in [6.45, 7) is 0.949. The van der Waals surface area contributed by atoms with E-state index >= 15 is 0 Å². The molecule has 0 aliphatic heterocycles. The summed E-state index contributed by atoms with van der Waals surface area (Å²) in [6, 6.07) is 9.73. The lowest BCUT2D eigenvalue weighted by Gasteiger charge is -2.06. The van der Waals surface area contributed by atoms with Crippen molar-refractivity contribution in [3.63, 3.8) is 0 Å². The van der Waals surface area contributed by atoms with Gasteiger partial charge in [0, 0.05) is 35.9 Å². The zero-order valence-electron chi connectivity index (χ0n) is 10.8. The third-order valence-electron chi connectivity index (χ3n) is 2.72. The summed E-state index contributed by atoms with van der Waals surface area (Å²) < 4.78 is 1.37. The largest absolute Gasteiger partial charge is 0.352 e. The minimum absolute atomic E-state index is 0.142. The Balaban J connectivity index is 1.79. The van der Waals surface area contributed by atoms with Gasteiger partial charge in [-0.3, -0.25) is 9.59 Å². The molecule has 0 aliphatic carbocycles. The molecule has 0 saturated heterocycles. The van der Waals surface area contributed by atoms with Crippen LogP contribution in [0, 0.1) is 0 Å².